The first kappa shape index (κ1) is 21.0. The molecule has 1 heterocycles. The topological polar surface area (TPSA) is 106 Å². The third-order valence-electron chi connectivity index (χ3n) is 6.13. The van der Waals surface area contributed by atoms with Gasteiger partial charge in [0.05, 0.1) is 17.6 Å². The van der Waals surface area contributed by atoms with Crippen LogP contribution in [0.5, 0.6) is 0 Å². The molecule has 0 fully saturated rings. The van der Waals surface area contributed by atoms with Gasteiger partial charge < -0.3 is 15.4 Å². The second-order valence-corrected chi connectivity index (χ2v) is 8.29. The van der Waals surface area contributed by atoms with Gasteiger partial charge in [-0.2, -0.15) is 17.9 Å². The maximum atomic E-state index is 13.1. The zero-order valence-corrected chi connectivity index (χ0v) is 17.7. The quantitative estimate of drug-likeness (QED) is 0.428. The standard InChI is InChI=1S/C24H23N3O3S/c25-11-14-5-7-17-15(9-14)6-8-19(17)20(13-31)23(28)27-22(24(29)30)10-16-12-26-21-4-2-1-3-18(16)21/h1-5,7,9,12,19-20,22,26,31H,6,8,10,13H2,(H,27,28)(H,29,30). The van der Waals surface area contributed by atoms with Crippen molar-refractivity contribution in [1.82, 2.24) is 10.3 Å². The molecule has 0 radical (unpaired) electrons. The summed E-state index contributed by atoms with van der Waals surface area (Å²) in [5, 5.41) is 22.6. The number of nitrogens with one attached hydrogen (secondary N) is 2. The Kier molecular flexibility index (Phi) is 6.01. The van der Waals surface area contributed by atoms with Gasteiger partial charge in [0.1, 0.15) is 6.04 Å². The molecule has 158 valence electrons. The predicted molar refractivity (Wildman–Crippen MR) is 121 cm³/mol. The van der Waals surface area contributed by atoms with Crippen molar-refractivity contribution in [2.24, 2.45) is 5.92 Å². The SMILES string of the molecule is N#Cc1ccc2c(c1)CCC2C(CS)C(=O)NC(Cc1c[nH]c2ccccc12)C(=O)O. The molecule has 0 bridgehead atoms. The molecule has 1 aromatic heterocycles. The van der Waals surface area contributed by atoms with Crippen LogP contribution in [0.1, 0.15) is 34.6 Å². The highest BCUT2D eigenvalue weighted by molar-refractivity contribution is 7.80. The smallest absolute Gasteiger partial charge is 0.326 e. The van der Waals surface area contributed by atoms with Gasteiger partial charge in [0.15, 0.2) is 0 Å². The number of aliphatic carboxylic acids is 1. The largest absolute Gasteiger partial charge is 0.480 e. The highest BCUT2D eigenvalue weighted by atomic mass is 32.1. The summed E-state index contributed by atoms with van der Waals surface area (Å²) in [4.78, 5) is 28.2. The van der Waals surface area contributed by atoms with Gasteiger partial charge in [-0.05, 0) is 53.6 Å². The van der Waals surface area contributed by atoms with E-state index < -0.39 is 17.9 Å². The lowest BCUT2D eigenvalue weighted by molar-refractivity contribution is -0.142. The van der Waals surface area contributed by atoms with Gasteiger partial charge in [-0.15, -0.1) is 0 Å². The number of aromatic amines is 1. The first-order chi connectivity index (χ1) is 15.0. The average Bonchev–Trinajstić information content (AvgIpc) is 3.38. The molecular weight excluding hydrogens is 410 g/mol. The van der Waals surface area contributed by atoms with Gasteiger partial charge in [0.25, 0.3) is 0 Å². The molecule has 4 rings (SSSR count). The maximum Gasteiger partial charge on any atom is 0.326 e. The van der Waals surface area contributed by atoms with Crippen molar-refractivity contribution in [2.45, 2.75) is 31.2 Å². The Morgan fingerprint density at radius 1 is 1.29 bits per heavy atom. The number of thiol groups is 1. The molecule has 1 aliphatic carbocycles. The van der Waals surface area contributed by atoms with Crippen LogP contribution in [0.15, 0.2) is 48.7 Å². The van der Waals surface area contributed by atoms with E-state index in [0.717, 1.165) is 40.4 Å². The van der Waals surface area contributed by atoms with Crippen molar-refractivity contribution >= 4 is 35.4 Å². The van der Waals surface area contributed by atoms with E-state index in [4.69, 9.17) is 5.26 Å². The molecule has 6 nitrogen and oxygen atoms in total. The van der Waals surface area contributed by atoms with E-state index in [9.17, 15) is 14.7 Å². The van der Waals surface area contributed by atoms with Crippen molar-refractivity contribution in [1.29, 1.82) is 5.26 Å². The second-order valence-electron chi connectivity index (χ2n) is 7.92. The number of nitrogens with zero attached hydrogens (tertiary/aromatic N) is 1. The molecule has 31 heavy (non-hydrogen) atoms. The number of rotatable bonds is 7. The van der Waals surface area contributed by atoms with Gasteiger partial charge in [-0.1, -0.05) is 24.3 Å². The number of hydrogen-bond donors (Lipinski definition) is 4. The molecule has 0 saturated heterocycles. The molecule has 1 amide bonds. The Bertz CT molecular complexity index is 1180. The molecule has 1 aliphatic rings. The number of carboxylic acids is 1. The highest BCUT2D eigenvalue weighted by Gasteiger charge is 2.35. The number of fused-ring (bicyclic) bond motifs is 2. The van der Waals surface area contributed by atoms with E-state index in [0.29, 0.717) is 11.3 Å². The average molecular weight is 434 g/mol. The Morgan fingerprint density at radius 3 is 2.84 bits per heavy atom. The van der Waals surface area contributed by atoms with Crippen LogP contribution in [0, 0.1) is 17.2 Å². The fourth-order valence-electron chi connectivity index (χ4n) is 4.53. The van der Waals surface area contributed by atoms with Crippen LogP contribution in [-0.4, -0.2) is 33.8 Å². The number of carboxylic acid groups (broad SMARTS) is 1. The normalized spacial score (nSPS) is 17.0. The summed E-state index contributed by atoms with van der Waals surface area (Å²) < 4.78 is 0. The molecule has 7 heteroatoms. The number of nitriles is 1. The third kappa shape index (κ3) is 4.17. The Labute approximate surface area is 185 Å². The van der Waals surface area contributed by atoms with Crippen LogP contribution in [0.2, 0.25) is 0 Å². The highest BCUT2D eigenvalue weighted by Crippen LogP contribution is 2.39. The Hall–Kier alpha value is -3.24. The molecule has 0 aliphatic heterocycles. The maximum absolute atomic E-state index is 13.1. The van der Waals surface area contributed by atoms with Crippen LogP contribution in [0.4, 0.5) is 0 Å². The number of hydrogen-bond acceptors (Lipinski definition) is 4. The molecule has 3 atom stereocenters. The van der Waals surface area contributed by atoms with Crippen LogP contribution in [0.25, 0.3) is 10.9 Å². The first-order valence-electron chi connectivity index (χ1n) is 10.2. The summed E-state index contributed by atoms with van der Waals surface area (Å²) in [6.07, 6.45) is 3.56. The number of aryl methyl sites for hydroxylation is 1. The van der Waals surface area contributed by atoms with Crippen molar-refractivity contribution in [3.63, 3.8) is 0 Å². The number of amides is 1. The summed E-state index contributed by atoms with van der Waals surface area (Å²) in [5.74, 6) is -1.54. The number of aromatic nitrogens is 1. The lowest BCUT2D eigenvalue weighted by atomic mass is 9.87. The summed E-state index contributed by atoms with van der Waals surface area (Å²) in [7, 11) is 0. The molecule has 0 spiro atoms. The van der Waals surface area contributed by atoms with Crippen LogP contribution >= 0.6 is 12.6 Å². The molecule has 0 saturated carbocycles. The summed E-state index contributed by atoms with van der Waals surface area (Å²) >= 11 is 4.41. The monoisotopic (exact) mass is 433 g/mol. The van der Waals surface area contributed by atoms with Gasteiger partial charge in [-0.25, -0.2) is 4.79 Å². The van der Waals surface area contributed by atoms with Gasteiger partial charge in [0.2, 0.25) is 5.91 Å². The van der Waals surface area contributed by atoms with Crippen LogP contribution in [-0.2, 0) is 22.4 Å². The molecular formula is C24H23N3O3S. The van der Waals surface area contributed by atoms with Crippen LogP contribution < -0.4 is 5.32 Å². The summed E-state index contributed by atoms with van der Waals surface area (Å²) in [6, 6.07) is 14.3. The van der Waals surface area contributed by atoms with E-state index in [1.54, 1.807) is 12.3 Å². The number of benzene rings is 2. The minimum atomic E-state index is -1.07. The van der Waals surface area contributed by atoms with E-state index in [-0.39, 0.29) is 18.2 Å². The fourth-order valence-corrected chi connectivity index (χ4v) is 4.95. The molecule has 3 N–H and O–H groups in total. The molecule has 3 unspecified atom stereocenters. The Balaban J connectivity index is 1.52. The van der Waals surface area contributed by atoms with Crippen molar-refractivity contribution in [3.05, 3.63) is 70.9 Å². The predicted octanol–water partition coefficient (Wildman–Crippen LogP) is 3.43. The van der Waals surface area contributed by atoms with Crippen molar-refractivity contribution in [3.8, 4) is 6.07 Å². The summed E-state index contributed by atoms with van der Waals surface area (Å²) in [6.45, 7) is 0. The van der Waals surface area contributed by atoms with E-state index in [1.807, 2.05) is 36.4 Å². The zero-order chi connectivity index (χ0) is 22.0. The second kappa shape index (κ2) is 8.86. The van der Waals surface area contributed by atoms with E-state index in [2.05, 4.69) is 29.0 Å². The lowest BCUT2D eigenvalue weighted by Crippen LogP contribution is -2.46. The van der Waals surface area contributed by atoms with E-state index >= 15 is 0 Å². The minimum Gasteiger partial charge on any atom is -0.480 e. The number of H-pyrrole nitrogens is 1. The molecule has 3 aromatic rings. The van der Waals surface area contributed by atoms with Gasteiger partial charge in [-0.3, -0.25) is 4.79 Å². The first-order valence-corrected chi connectivity index (χ1v) is 10.9. The van der Waals surface area contributed by atoms with Crippen molar-refractivity contribution in [2.75, 3.05) is 5.75 Å². The Morgan fingerprint density at radius 2 is 2.10 bits per heavy atom. The lowest BCUT2D eigenvalue weighted by Gasteiger charge is -2.24. The van der Waals surface area contributed by atoms with Gasteiger partial charge in [0, 0.05) is 29.3 Å². The van der Waals surface area contributed by atoms with Crippen LogP contribution in [0.3, 0.4) is 0 Å². The third-order valence-corrected chi connectivity index (χ3v) is 6.52. The fraction of sp³-hybridized carbons (Fsp3) is 0.292. The van der Waals surface area contributed by atoms with Crippen molar-refractivity contribution < 1.29 is 14.7 Å². The van der Waals surface area contributed by atoms with Gasteiger partial charge >= 0.3 is 5.97 Å². The zero-order valence-electron chi connectivity index (χ0n) is 16.8. The summed E-state index contributed by atoms with van der Waals surface area (Å²) in [5.41, 5.74) is 4.52. The van der Waals surface area contributed by atoms with E-state index in [1.165, 1.54) is 0 Å². The molecule has 2 aromatic carbocycles. The number of carbonyl (C=O) groups is 2. The minimum absolute atomic E-state index is 0.0391. The number of carbonyl (C=O) groups excluding carboxylic acids is 1. The number of para-hydroxylation sites is 1.